The molecule has 0 aromatic heterocycles. The van der Waals surface area contributed by atoms with Crippen LogP contribution in [-0.2, 0) is 9.59 Å². The molecular weight excluding hydrogens is 250 g/mol. The van der Waals surface area contributed by atoms with Gasteiger partial charge >= 0.3 is 0 Å². The summed E-state index contributed by atoms with van der Waals surface area (Å²) >= 11 is 1.37. The number of nitrogens with zero attached hydrogens (tertiary/aromatic N) is 1. The van der Waals surface area contributed by atoms with Gasteiger partial charge in [-0.2, -0.15) is 0 Å². The molecule has 2 fully saturated rings. The minimum Gasteiger partial charge on any atom is -0.353 e. The van der Waals surface area contributed by atoms with Gasteiger partial charge in [0.25, 0.3) is 0 Å². The normalized spacial score (nSPS) is 25.6. The van der Waals surface area contributed by atoms with Gasteiger partial charge in [-0.15, -0.1) is 0 Å². The fourth-order valence-corrected chi connectivity index (χ4v) is 2.54. The van der Waals surface area contributed by atoms with Gasteiger partial charge in [0.1, 0.15) is 5.25 Å². The molecule has 0 bridgehead atoms. The van der Waals surface area contributed by atoms with E-state index in [0.29, 0.717) is 23.7 Å². The van der Waals surface area contributed by atoms with Crippen LogP contribution in [0.2, 0.25) is 0 Å². The van der Waals surface area contributed by atoms with E-state index in [1.54, 1.807) is 0 Å². The predicted molar refractivity (Wildman–Crippen MR) is 72.4 cm³/mol. The average molecular weight is 269 g/mol. The maximum atomic E-state index is 11.7. The highest BCUT2D eigenvalue weighted by Crippen LogP contribution is 2.24. The van der Waals surface area contributed by atoms with Gasteiger partial charge in [-0.3, -0.25) is 14.6 Å². The van der Waals surface area contributed by atoms with Crippen molar-refractivity contribution in [2.45, 2.75) is 44.4 Å². The molecule has 1 saturated heterocycles. The largest absolute Gasteiger partial charge is 0.353 e. The zero-order chi connectivity index (χ0) is 13.1. The van der Waals surface area contributed by atoms with Crippen molar-refractivity contribution in [2.75, 3.05) is 6.54 Å². The van der Waals surface area contributed by atoms with E-state index in [9.17, 15) is 9.59 Å². The molecule has 0 radical (unpaired) electrons. The molecule has 2 aliphatic rings. The van der Waals surface area contributed by atoms with Gasteiger partial charge < -0.3 is 10.6 Å². The van der Waals surface area contributed by atoms with E-state index < -0.39 is 0 Å². The Bertz CT molecular complexity index is 378. The molecule has 1 heterocycles. The number of hydrogen-bond donors (Lipinski definition) is 2. The summed E-state index contributed by atoms with van der Waals surface area (Å²) in [5, 5.41) is 5.95. The second-order valence-electron chi connectivity index (χ2n) is 5.18. The molecule has 0 unspecified atom stereocenters. The van der Waals surface area contributed by atoms with E-state index in [1.807, 2.05) is 0 Å². The van der Waals surface area contributed by atoms with Crippen molar-refractivity contribution in [3.8, 4) is 0 Å². The summed E-state index contributed by atoms with van der Waals surface area (Å²) in [6, 6.07) is 0.348. The summed E-state index contributed by atoms with van der Waals surface area (Å²) < 4.78 is 0. The van der Waals surface area contributed by atoms with Crippen molar-refractivity contribution in [3.63, 3.8) is 0 Å². The van der Waals surface area contributed by atoms with Gasteiger partial charge in [-0.1, -0.05) is 25.6 Å². The van der Waals surface area contributed by atoms with Crippen molar-refractivity contribution in [1.82, 2.24) is 10.6 Å². The molecule has 100 valence electrons. The summed E-state index contributed by atoms with van der Waals surface area (Å²) in [6.45, 7) is 4.85. The zero-order valence-electron chi connectivity index (χ0n) is 10.7. The molecule has 1 atom stereocenters. The molecule has 2 amide bonds. The Hall–Kier alpha value is -1.04. The molecule has 6 heteroatoms. The van der Waals surface area contributed by atoms with E-state index in [1.165, 1.54) is 11.8 Å². The minimum atomic E-state index is -0.324. The first-order valence-corrected chi connectivity index (χ1v) is 7.24. The van der Waals surface area contributed by atoms with Gasteiger partial charge in [0.05, 0.1) is 0 Å². The van der Waals surface area contributed by atoms with E-state index in [4.69, 9.17) is 0 Å². The number of nitrogens with one attached hydrogen (secondary N) is 2. The number of amidine groups is 1. The second-order valence-corrected chi connectivity index (χ2v) is 6.37. The topological polar surface area (TPSA) is 70.6 Å². The number of carbonyl (C=O) groups excluding carboxylic acids is 2. The Morgan fingerprint density at radius 2 is 2.28 bits per heavy atom. The van der Waals surface area contributed by atoms with Gasteiger partial charge in [0.15, 0.2) is 5.17 Å². The summed E-state index contributed by atoms with van der Waals surface area (Å²) in [5.74, 6) is 0.330. The monoisotopic (exact) mass is 269 g/mol. The lowest BCUT2D eigenvalue weighted by Gasteiger charge is -2.05. The van der Waals surface area contributed by atoms with Gasteiger partial charge in [-0.25, -0.2) is 0 Å². The lowest BCUT2D eigenvalue weighted by atomic mass is 10.2. The van der Waals surface area contributed by atoms with Crippen LogP contribution in [0.1, 0.15) is 33.1 Å². The molecule has 0 aromatic carbocycles. The third kappa shape index (κ3) is 4.01. The second kappa shape index (κ2) is 5.73. The fourth-order valence-electron chi connectivity index (χ4n) is 1.56. The van der Waals surface area contributed by atoms with Crippen LogP contribution in [0.4, 0.5) is 0 Å². The minimum absolute atomic E-state index is 0.0322. The van der Waals surface area contributed by atoms with Gasteiger partial charge in [0, 0.05) is 19.0 Å². The number of aliphatic imine (C=N–C) groups is 1. The van der Waals surface area contributed by atoms with Gasteiger partial charge in [0.2, 0.25) is 11.8 Å². The number of thioether (sulfide) groups is 1. The molecular formula is C12H19N3O2S. The lowest BCUT2D eigenvalue weighted by molar-refractivity contribution is -0.125. The summed E-state index contributed by atoms with van der Waals surface area (Å²) in [6.07, 6.45) is 2.38. The van der Waals surface area contributed by atoms with Crippen molar-refractivity contribution >= 4 is 28.7 Å². The van der Waals surface area contributed by atoms with Crippen molar-refractivity contribution in [2.24, 2.45) is 10.9 Å². The molecule has 18 heavy (non-hydrogen) atoms. The van der Waals surface area contributed by atoms with Crippen LogP contribution < -0.4 is 10.6 Å². The Labute approximate surface area is 111 Å². The molecule has 2 N–H and O–H groups in total. The van der Waals surface area contributed by atoms with Crippen molar-refractivity contribution < 1.29 is 9.59 Å². The Balaban J connectivity index is 1.80. The number of amides is 2. The van der Waals surface area contributed by atoms with Crippen molar-refractivity contribution in [3.05, 3.63) is 0 Å². The van der Waals surface area contributed by atoms with Crippen LogP contribution in [0.3, 0.4) is 0 Å². The van der Waals surface area contributed by atoms with Crippen LogP contribution in [0.5, 0.6) is 0 Å². The number of rotatable bonds is 5. The first-order valence-electron chi connectivity index (χ1n) is 6.36. The molecule has 0 spiro atoms. The average Bonchev–Trinajstić information content (AvgIpc) is 3.01. The first kappa shape index (κ1) is 13.4. The third-order valence-electron chi connectivity index (χ3n) is 2.69. The SMILES string of the molecule is CC(C)CN=C1NC(=O)[C@H](CC(=O)NC2CC2)S1. The summed E-state index contributed by atoms with van der Waals surface area (Å²) in [4.78, 5) is 27.6. The fraction of sp³-hybridized carbons (Fsp3) is 0.750. The first-order chi connectivity index (χ1) is 8.54. The third-order valence-corrected chi connectivity index (χ3v) is 3.81. The highest BCUT2D eigenvalue weighted by Gasteiger charge is 2.33. The summed E-state index contributed by atoms with van der Waals surface area (Å²) in [5.41, 5.74) is 0. The number of carbonyl (C=O) groups is 2. The molecule has 1 aliphatic heterocycles. The maximum absolute atomic E-state index is 11.7. The predicted octanol–water partition coefficient (Wildman–Crippen LogP) is 0.899. The van der Waals surface area contributed by atoms with Crippen LogP contribution >= 0.6 is 11.8 Å². The van der Waals surface area contributed by atoms with Crippen LogP contribution in [0.15, 0.2) is 4.99 Å². The Morgan fingerprint density at radius 3 is 2.89 bits per heavy atom. The molecule has 1 saturated carbocycles. The molecule has 1 aliphatic carbocycles. The van der Waals surface area contributed by atoms with Crippen LogP contribution in [0.25, 0.3) is 0 Å². The molecule has 2 rings (SSSR count). The van der Waals surface area contributed by atoms with E-state index >= 15 is 0 Å². The quantitative estimate of drug-likeness (QED) is 0.779. The van der Waals surface area contributed by atoms with E-state index in [2.05, 4.69) is 29.5 Å². The number of hydrogen-bond acceptors (Lipinski definition) is 4. The van der Waals surface area contributed by atoms with Crippen LogP contribution in [-0.4, -0.2) is 34.8 Å². The van der Waals surface area contributed by atoms with Gasteiger partial charge in [-0.05, 0) is 18.8 Å². The highest BCUT2D eigenvalue weighted by molar-refractivity contribution is 8.15. The summed E-state index contributed by atoms with van der Waals surface area (Å²) in [7, 11) is 0. The lowest BCUT2D eigenvalue weighted by Crippen LogP contribution is -2.32. The Morgan fingerprint density at radius 1 is 1.56 bits per heavy atom. The van der Waals surface area contributed by atoms with Crippen LogP contribution in [0, 0.1) is 5.92 Å². The zero-order valence-corrected chi connectivity index (χ0v) is 11.5. The molecule has 0 aromatic rings. The standard InChI is InChI=1S/C12H19N3O2S/c1-7(2)6-13-12-15-11(17)9(18-12)5-10(16)14-8-3-4-8/h7-9H,3-6H2,1-2H3,(H,14,16)(H,13,15,17)/t9-/m0/s1. The van der Waals surface area contributed by atoms with E-state index in [0.717, 1.165) is 12.8 Å². The smallest absolute Gasteiger partial charge is 0.240 e. The maximum Gasteiger partial charge on any atom is 0.240 e. The van der Waals surface area contributed by atoms with Crippen molar-refractivity contribution in [1.29, 1.82) is 0 Å². The Kier molecular flexibility index (Phi) is 4.27. The highest BCUT2D eigenvalue weighted by atomic mass is 32.2. The van der Waals surface area contributed by atoms with E-state index in [-0.39, 0.29) is 23.5 Å². The molecule has 5 nitrogen and oxygen atoms in total.